The lowest BCUT2D eigenvalue weighted by Crippen LogP contribution is -2.48. The number of ether oxygens (including phenoxy) is 3. The number of amides is 1. The number of hydrogen-bond acceptors (Lipinski definition) is 6. The van der Waals surface area contributed by atoms with E-state index in [1.165, 1.54) is 29.6 Å². The minimum atomic E-state index is -3.69. The van der Waals surface area contributed by atoms with Crippen LogP contribution in [0.4, 0.5) is 0 Å². The first-order valence-electron chi connectivity index (χ1n) is 9.03. The molecule has 150 valence electrons. The normalized spacial score (nSPS) is 24.6. The standard InChI is InChI=1S/C18H26N2O6S/c1-13-11-19(12-14(2)26-13)18(21)16-10-15(4-5-17(16)24-3)27(22,23)20-6-8-25-9-7-20/h4-5,10,13-14H,6-9,11-12H2,1-3H3. The number of carbonyl (C=O) groups excluding carboxylic acids is 1. The third-order valence-corrected chi connectivity index (χ3v) is 6.61. The summed E-state index contributed by atoms with van der Waals surface area (Å²) in [6.07, 6.45) is -0.159. The molecule has 0 N–H and O–H groups in total. The van der Waals surface area contributed by atoms with E-state index in [2.05, 4.69) is 0 Å². The van der Waals surface area contributed by atoms with E-state index in [9.17, 15) is 13.2 Å². The number of carbonyl (C=O) groups is 1. The Morgan fingerprint density at radius 1 is 1.15 bits per heavy atom. The van der Waals surface area contributed by atoms with Crippen LogP contribution in [-0.4, -0.2) is 82.2 Å². The summed E-state index contributed by atoms with van der Waals surface area (Å²) in [5, 5.41) is 0. The zero-order chi connectivity index (χ0) is 19.6. The predicted molar refractivity (Wildman–Crippen MR) is 98.5 cm³/mol. The molecule has 2 saturated heterocycles. The minimum Gasteiger partial charge on any atom is -0.496 e. The Bertz CT molecular complexity index is 781. The molecule has 3 rings (SSSR count). The molecule has 2 aliphatic heterocycles. The number of rotatable bonds is 4. The molecule has 0 aliphatic carbocycles. The Morgan fingerprint density at radius 3 is 2.37 bits per heavy atom. The Hall–Kier alpha value is -1.68. The summed E-state index contributed by atoms with van der Waals surface area (Å²) >= 11 is 0. The zero-order valence-corrected chi connectivity index (χ0v) is 16.7. The largest absolute Gasteiger partial charge is 0.496 e. The molecule has 1 aromatic rings. The summed E-state index contributed by atoms with van der Waals surface area (Å²) in [4.78, 5) is 14.9. The second kappa shape index (κ2) is 8.14. The summed E-state index contributed by atoms with van der Waals surface area (Å²) < 4.78 is 43.5. The summed E-state index contributed by atoms with van der Waals surface area (Å²) in [5.74, 6) is 0.0978. The quantitative estimate of drug-likeness (QED) is 0.751. The smallest absolute Gasteiger partial charge is 0.257 e. The highest BCUT2D eigenvalue weighted by Gasteiger charge is 2.31. The van der Waals surface area contributed by atoms with Crippen LogP contribution < -0.4 is 4.74 Å². The van der Waals surface area contributed by atoms with E-state index < -0.39 is 10.0 Å². The first kappa shape index (κ1) is 20.1. The molecule has 27 heavy (non-hydrogen) atoms. The van der Waals surface area contributed by atoms with E-state index in [-0.39, 0.29) is 28.6 Å². The molecule has 0 spiro atoms. The highest BCUT2D eigenvalue weighted by Crippen LogP contribution is 2.27. The van der Waals surface area contributed by atoms with Crippen LogP contribution in [0.25, 0.3) is 0 Å². The van der Waals surface area contributed by atoms with Crippen LogP contribution >= 0.6 is 0 Å². The minimum absolute atomic E-state index is 0.0797. The van der Waals surface area contributed by atoms with Crippen molar-refractivity contribution in [3.8, 4) is 5.75 Å². The lowest BCUT2D eigenvalue weighted by molar-refractivity contribution is -0.0586. The number of sulfonamides is 1. The number of methoxy groups -OCH3 is 1. The van der Waals surface area contributed by atoms with Gasteiger partial charge in [-0.2, -0.15) is 4.31 Å². The fraction of sp³-hybridized carbons (Fsp3) is 0.611. The molecule has 0 saturated carbocycles. The van der Waals surface area contributed by atoms with E-state index in [0.29, 0.717) is 45.1 Å². The Labute approximate surface area is 160 Å². The van der Waals surface area contributed by atoms with Gasteiger partial charge in [-0.1, -0.05) is 0 Å². The molecule has 1 amide bonds. The van der Waals surface area contributed by atoms with Gasteiger partial charge in [-0.25, -0.2) is 8.42 Å². The van der Waals surface area contributed by atoms with E-state index in [4.69, 9.17) is 14.2 Å². The van der Waals surface area contributed by atoms with Crippen molar-refractivity contribution < 1.29 is 27.4 Å². The van der Waals surface area contributed by atoms with E-state index in [1.54, 1.807) is 4.90 Å². The second-order valence-corrected chi connectivity index (χ2v) is 8.78. The van der Waals surface area contributed by atoms with Crippen LogP contribution in [0.5, 0.6) is 5.75 Å². The molecule has 0 radical (unpaired) electrons. The highest BCUT2D eigenvalue weighted by molar-refractivity contribution is 7.89. The van der Waals surface area contributed by atoms with E-state index in [1.807, 2.05) is 13.8 Å². The van der Waals surface area contributed by atoms with Gasteiger partial charge in [-0.15, -0.1) is 0 Å². The van der Waals surface area contributed by atoms with Crippen molar-refractivity contribution in [1.29, 1.82) is 0 Å². The predicted octanol–water partition coefficient (Wildman–Crippen LogP) is 0.965. The molecular weight excluding hydrogens is 372 g/mol. The molecule has 2 fully saturated rings. The maximum absolute atomic E-state index is 13.1. The van der Waals surface area contributed by atoms with Crippen LogP contribution in [0.3, 0.4) is 0 Å². The van der Waals surface area contributed by atoms with Gasteiger partial charge in [0.1, 0.15) is 5.75 Å². The molecular formula is C18H26N2O6S. The average Bonchev–Trinajstić information content (AvgIpc) is 2.66. The van der Waals surface area contributed by atoms with Crippen molar-refractivity contribution >= 4 is 15.9 Å². The Balaban J connectivity index is 1.92. The molecule has 0 bridgehead atoms. The van der Waals surface area contributed by atoms with Crippen LogP contribution in [0.2, 0.25) is 0 Å². The first-order chi connectivity index (χ1) is 12.8. The fourth-order valence-corrected chi connectivity index (χ4v) is 4.90. The molecule has 2 unspecified atom stereocenters. The summed E-state index contributed by atoms with van der Waals surface area (Å²) in [7, 11) is -2.23. The van der Waals surface area contributed by atoms with Crippen molar-refractivity contribution in [3.63, 3.8) is 0 Å². The summed E-state index contributed by atoms with van der Waals surface area (Å²) in [6.45, 7) is 6.06. The second-order valence-electron chi connectivity index (χ2n) is 6.85. The monoisotopic (exact) mass is 398 g/mol. The van der Waals surface area contributed by atoms with Gasteiger partial charge in [-0.3, -0.25) is 4.79 Å². The molecule has 2 aliphatic rings. The van der Waals surface area contributed by atoms with Gasteiger partial charge in [0.15, 0.2) is 0 Å². The van der Waals surface area contributed by atoms with Crippen LogP contribution in [0, 0.1) is 0 Å². The number of nitrogens with zero attached hydrogens (tertiary/aromatic N) is 2. The van der Waals surface area contributed by atoms with Gasteiger partial charge in [0, 0.05) is 26.2 Å². The first-order valence-corrected chi connectivity index (χ1v) is 10.5. The van der Waals surface area contributed by atoms with E-state index in [0.717, 1.165) is 0 Å². The summed E-state index contributed by atoms with van der Waals surface area (Å²) in [5.41, 5.74) is 0.244. The lowest BCUT2D eigenvalue weighted by atomic mass is 10.1. The topological polar surface area (TPSA) is 85.4 Å². The SMILES string of the molecule is COc1ccc(S(=O)(=O)N2CCOCC2)cc1C(=O)N1CC(C)OC(C)C1. The van der Waals surface area contributed by atoms with E-state index >= 15 is 0 Å². The molecule has 8 nitrogen and oxygen atoms in total. The van der Waals surface area contributed by atoms with Gasteiger partial charge in [0.05, 0.1) is 43.0 Å². The van der Waals surface area contributed by atoms with Crippen molar-refractivity contribution in [3.05, 3.63) is 23.8 Å². The van der Waals surface area contributed by atoms with Crippen molar-refractivity contribution in [2.75, 3.05) is 46.5 Å². The van der Waals surface area contributed by atoms with Gasteiger partial charge >= 0.3 is 0 Å². The lowest BCUT2D eigenvalue weighted by Gasteiger charge is -2.35. The fourth-order valence-electron chi connectivity index (χ4n) is 3.46. The number of morpholine rings is 2. The zero-order valence-electron chi connectivity index (χ0n) is 15.9. The molecule has 0 aromatic heterocycles. The van der Waals surface area contributed by atoms with Crippen molar-refractivity contribution in [1.82, 2.24) is 9.21 Å². The third kappa shape index (κ3) is 4.26. The van der Waals surface area contributed by atoms with Crippen molar-refractivity contribution in [2.45, 2.75) is 31.0 Å². The van der Waals surface area contributed by atoms with Crippen LogP contribution in [0.1, 0.15) is 24.2 Å². The van der Waals surface area contributed by atoms with Crippen molar-refractivity contribution in [2.24, 2.45) is 0 Å². The average molecular weight is 398 g/mol. The molecule has 2 heterocycles. The Kier molecular flexibility index (Phi) is 6.05. The van der Waals surface area contributed by atoms with Gasteiger partial charge in [0.25, 0.3) is 5.91 Å². The molecule has 1 aromatic carbocycles. The van der Waals surface area contributed by atoms with Crippen LogP contribution in [0.15, 0.2) is 23.1 Å². The Morgan fingerprint density at radius 2 is 1.78 bits per heavy atom. The van der Waals surface area contributed by atoms with Gasteiger partial charge < -0.3 is 19.1 Å². The van der Waals surface area contributed by atoms with Gasteiger partial charge in [-0.05, 0) is 32.0 Å². The molecule has 2 atom stereocenters. The highest BCUT2D eigenvalue weighted by atomic mass is 32.2. The number of hydrogen-bond donors (Lipinski definition) is 0. The molecule has 9 heteroatoms. The summed E-state index contributed by atoms with van der Waals surface area (Å²) in [6, 6.07) is 4.43. The van der Waals surface area contributed by atoms with Crippen LogP contribution in [-0.2, 0) is 19.5 Å². The third-order valence-electron chi connectivity index (χ3n) is 4.72. The van der Waals surface area contributed by atoms with Gasteiger partial charge in [0.2, 0.25) is 10.0 Å². The maximum atomic E-state index is 13.1. The maximum Gasteiger partial charge on any atom is 0.257 e. The number of benzene rings is 1.